The van der Waals surface area contributed by atoms with Crippen molar-refractivity contribution in [3.8, 4) is 17.4 Å². The molecule has 3 aromatic rings. The molecule has 3 rings (SSSR count). The van der Waals surface area contributed by atoms with Crippen LogP contribution in [0.25, 0.3) is 17.4 Å². The van der Waals surface area contributed by atoms with Gasteiger partial charge in [-0.3, -0.25) is 4.79 Å². The number of benzene rings is 2. The number of amides is 1. The van der Waals surface area contributed by atoms with Crippen LogP contribution in [0.5, 0.6) is 0 Å². The summed E-state index contributed by atoms with van der Waals surface area (Å²) in [6, 6.07) is 20.9. The van der Waals surface area contributed by atoms with E-state index in [1.54, 1.807) is 12.1 Å². The van der Waals surface area contributed by atoms with Gasteiger partial charge < -0.3 is 9.73 Å². The number of carbonyl (C=O) groups excluding carboxylic acids is 1. The Morgan fingerprint density at radius 1 is 1.04 bits per heavy atom. The lowest BCUT2D eigenvalue weighted by atomic mass is 10.1. The largest absolute Gasteiger partial charge is 0.457 e. The number of hydrogen-bond acceptors (Lipinski definition) is 3. The first-order valence-corrected chi connectivity index (χ1v) is 8.22. The van der Waals surface area contributed by atoms with Gasteiger partial charge in [-0.2, -0.15) is 5.26 Å². The monoisotopic (exact) mass is 342 g/mol. The van der Waals surface area contributed by atoms with Gasteiger partial charge in [0.25, 0.3) is 5.91 Å². The van der Waals surface area contributed by atoms with Gasteiger partial charge in [0.05, 0.1) is 0 Å². The zero-order valence-electron chi connectivity index (χ0n) is 14.6. The molecule has 0 spiro atoms. The predicted molar refractivity (Wildman–Crippen MR) is 102 cm³/mol. The molecular weight excluding hydrogens is 324 g/mol. The van der Waals surface area contributed by atoms with Crippen molar-refractivity contribution < 1.29 is 9.21 Å². The Labute approximate surface area is 152 Å². The van der Waals surface area contributed by atoms with Crippen LogP contribution in [0.2, 0.25) is 0 Å². The minimum Gasteiger partial charge on any atom is -0.457 e. The van der Waals surface area contributed by atoms with Gasteiger partial charge in [-0.15, -0.1) is 0 Å². The maximum absolute atomic E-state index is 12.4. The number of nitrogens with one attached hydrogen (secondary N) is 1. The SMILES string of the molecule is Cc1ccc(-c2ccc(/C=C(\C#N)C(=O)Nc3ccccc3C)o2)cc1. The third-order valence-corrected chi connectivity index (χ3v) is 4.01. The van der Waals surface area contributed by atoms with E-state index in [1.165, 1.54) is 11.6 Å². The molecule has 4 heteroatoms. The number of anilines is 1. The average Bonchev–Trinajstić information content (AvgIpc) is 3.10. The summed E-state index contributed by atoms with van der Waals surface area (Å²) < 4.78 is 5.76. The zero-order chi connectivity index (χ0) is 18.5. The van der Waals surface area contributed by atoms with Gasteiger partial charge in [-0.05, 0) is 37.6 Å². The van der Waals surface area contributed by atoms with E-state index in [1.807, 2.05) is 68.4 Å². The highest BCUT2D eigenvalue weighted by Gasteiger charge is 2.12. The molecule has 0 unspecified atom stereocenters. The van der Waals surface area contributed by atoms with E-state index in [0.717, 1.165) is 11.1 Å². The number of hydrogen-bond donors (Lipinski definition) is 1. The summed E-state index contributed by atoms with van der Waals surface area (Å²) in [5.74, 6) is 0.681. The fourth-order valence-electron chi connectivity index (χ4n) is 2.50. The van der Waals surface area contributed by atoms with E-state index in [4.69, 9.17) is 4.42 Å². The van der Waals surface area contributed by atoms with E-state index in [9.17, 15) is 10.1 Å². The van der Waals surface area contributed by atoms with Crippen LogP contribution in [0.3, 0.4) is 0 Å². The molecule has 26 heavy (non-hydrogen) atoms. The Hall–Kier alpha value is -3.58. The lowest BCUT2D eigenvalue weighted by Gasteiger charge is -2.06. The standard InChI is InChI=1S/C22H18N2O2/c1-15-7-9-17(10-8-15)21-12-11-19(26-21)13-18(14-23)22(25)24-20-6-4-3-5-16(20)2/h3-13H,1-2H3,(H,24,25)/b18-13+. The molecule has 0 aliphatic rings. The molecule has 0 aliphatic carbocycles. The van der Waals surface area contributed by atoms with Crippen molar-refractivity contribution in [1.29, 1.82) is 5.26 Å². The highest BCUT2D eigenvalue weighted by Crippen LogP contribution is 2.24. The lowest BCUT2D eigenvalue weighted by molar-refractivity contribution is -0.112. The molecule has 2 aromatic carbocycles. The van der Waals surface area contributed by atoms with E-state index < -0.39 is 5.91 Å². The summed E-state index contributed by atoms with van der Waals surface area (Å²) in [6.45, 7) is 3.91. The quantitative estimate of drug-likeness (QED) is 0.529. The molecule has 4 nitrogen and oxygen atoms in total. The fourth-order valence-corrected chi connectivity index (χ4v) is 2.50. The molecule has 0 atom stereocenters. The molecular formula is C22H18N2O2. The van der Waals surface area contributed by atoms with Crippen LogP contribution in [-0.2, 0) is 4.79 Å². The number of carbonyl (C=O) groups is 1. The number of aryl methyl sites for hydroxylation is 2. The Morgan fingerprint density at radius 2 is 1.77 bits per heavy atom. The van der Waals surface area contributed by atoms with Crippen LogP contribution in [0.1, 0.15) is 16.9 Å². The van der Waals surface area contributed by atoms with Gasteiger partial charge in [0.1, 0.15) is 23.2 Å². The Kier molecular flexibility index (Phi) is 5.00. The van der Waals surface area contributed by atoms with Crippen LogP contribution in [0.15, 0.2) is 70.7 Å². The van der Waals surface area contributed by atoms with Gasteiger partial charge in [-0.1, -0.05) is 48.0 Å². The van der Waals surface area contributed by atoms with Crippen molar-refractivity contribution in [1.82, 2.24) is 0 Å². The highest BCUT2D eigenvalue weighted by molar-refractivity contribution is 6.09. The van der Waals surface area contributed by atoms with Crippen molar-refractivity contribution in [2.24, 2.45) is 0 Å². The van der Waals surface area contributed by atoms with E-state index in [-0.39, 0.29) is 5.57 Å². The Bertz CT molecular complexity index is 1010. The number of para-hydroxylation sites is 1. The molecule has 1 amide bonds. The van der Waals surface area contributed by atoms with E-state index in [0.29, 0.717) is 17.2 Å². The summed E-state index contributed by atoms with van der Waals surface area (Å²) in [4.78, 5) is 12.4. The fraction of sp³-hybridized carbons (Fsp3) is 0.0909. The van der Waals surface area contributed by atoms with Crippen molar-refractivity contribution in [3.05, 3.63) is 83.1 Å². The zero-order valence-corrected chi connectivity index (χ0v) is 14.6. The van der Waals surface area contributed by atoms with Crippen LogP contribution in [0.4, 0.5) is 5.69 Å². The topological polar surface area (TPSA) is 66.0 Å². The summed E-state index contributed by atoms with van der Waals surface area (Å²) in [6.07, 6.45) is 1.45. The second-order valence-electron chi connectivity index (χ2n) is 6.01. The van der Waals surface area contributed by atoms with Gasteiger partial charge in [0.15, 0.2) is 0 Å². The number of furan rings is 1. The van der Waals surface area contributed by atoms with Gasteiger partial charge in [-0.25, -0.2) is 0 Å². The van der Waals surface area contributed by atoms with Crippen molar-refractivity contribution >= 4 is 17.7 Å². The van der Waals surface area contributed by atoms with Crippen LogP contribution in [0, 0.1) is 25.2 Å². The Balaban J connectivity index is 1.81. The molecule has 0 bridgehead atoms. The van der Waals surface area contributed by atoms with Crippen molar-refractivity contribution in [2.75, 3.05) is 5.32 Å². The number of rotatable bonds is 4. The first-order valence-electron chi connectivity index (χ1n) is 8.22. The molecule has 128 valence electrons. The molecule has 1 N–H and O–H groups in total. The first-order chi connectivity index (χ1) is 12.6. The second kappa shape index (κ2) is 7.54. The number of nitriles is 1. The average molecular weight is 342 g/mol. The normalized spacial score (nSPS) is 11.0. The summed E-state index contributed by atoms with van der Waals surface area (Å²) in [5.41, 5.74) is 3.70. The van der Waals surface area contributed by atoms with Crippen molar-refractivity contribution in [3.63, 3.8) is 0 Å². The third kappa shape index (κ3) is 3.90. The Morgan fingerprint density at radius 3 is 2.46 bits per heavy atom. The summed E-state index contributed by atoms with van der Waals surface area (Å²) in [7, 11) is 0. The van der Waals surface area contributed by atoms with Crippen molar-refractivity contribution in [2.45, 2.75) is 13.8 Å². The summed E-state index contributed by atoms with van der Waals surface area (Å²) in [5, 5.41) is 12.1. The van der Waals surface area contributed by atoms with Gasteiger partial charge in [0.2, 0.25) is 0 Å². The van der Waals surface area contributed by atoms with Crippen LogP contribution >= 0.6 is 0 Å². The smallest absolute Gasteiger partial charge is 0.266 e. The van der Waals surface area contributed by atoms with E-state index in [2.05, 4.69) is 5.32 Å². The van der Waals surface area contributed by atoms with Gasteiger partial charge in [0, 0.05) is 17.3 Å². The molecule has 0 aliphatic heterocycles. The molecule has 0 fully saturated rings. The molecule has 0 saturated carbocycles. The lowest BCUT2D eigenvalue weighted by Crippen LogP contribution is -2.14. The first kappa shape index (κ1) is 17.2. The second-order valence-corrected chi connectivity index (χ2v) is 6.01. The van der Waals surface area contributed by atoms with Crippen LogP contribution in [-0.4, -0.2) is 5.91 Å². The maximum atomic E-state index is 12.4. The number of nitrogens with zero attached hydrogens (tertiary/aromatic N) is 1. The van der Waals surface area contributed by atoms with Gasteiger partial charge >= 0.3 is 0 Å². The highest BCUT2D eigenvalue weighted by atomic mass is 16.3. The molecule has 1 heterocycles. The summed E-state index contributed by atoms with van der Waals surface area (Å²) >= 11 is 0. The minimum atomic E-state index is -0.463. The predicted octanol–water partition coefficient (Wildman–Crippen LogP) is 5.11. The minimum absolute atomic E-state index is 0.0157. The molecule has 0 radical (unpaired) electrons. The molecule has 0 saturated heterocycles. The third-order valence-electron chi connectivity index (χ3n) is 4.01. The molecule has 1 aromatic heterocycles. The van der Waals surface area contributed by atoms with E-state index >= 15 is 0 Å². The maximum Gasteiger partial charge on any atom is 0.266 e. The van der Waals surface area contributed by atoms with Crippen LogP contribution < -0.4 is 5.32 Å².